The van der Waals surface area contributed by atoms with Crippen molar-refractivity contribution in [3.05, 3.63) is 30.2 Å². The molecule has 2 rings (SSSR count). The van der Waals surface area contributed by atoms with Crippen molar-refractivity contribution in [1.29, 1.82) is 5.26 Å². The van der Waals surface area contributed by atoms with Crippen LogP contribution in [-0.2, 0) is 0 Å². The summed E-state index contributed by atoms with van der Waals surface area (Å²) in [6.45, 7) is 0. The van der Waals surface area contributed by atoms with Gasteiger partial charge in [-0.3, -0.25) is 0 Å². The molecule has 1 aromatic heterocycles. The van der Waals surface area contributed by atoms with Crippen LogP contribution in [0.4, 0.5) is 0 Å². The Hall–Kier alpha value is -1.90. The lowest BCUT2D eigenvalue weighted by atomic mass is 10.0. The minimum absolute atomic E-state index is 0.113. The average molecular weight is 218 g/mol. The number of nitriles is 1. The van der Waals surface area contributed by atoms with Gasteiger partial charge in [0.15, 0.2) is 12.0 Å². The number of rotatable bonds is 3. The third kappa shape index (κ3) is 1.89. The Morgan fingerprint density at radius 2 is 2.25 bits per heavy atom. The summed E-state index contributed by atoms with van der Waals surface area (Å²) in [4.78, 5) is 3.94. The predicted octanol–water partition coefficient (Wildman–Crippen LogP) is 1.14. The van der Waals surface area contributed by atoms with Gasteiger partial charge in [-0.15, -0.1) is 0 Å². The van der Waals surface area contributed by atoms with Crippen molar-refractivity contribution in [2.24, 2.45) is 0 Å². The number of benzene rings is 1. The van der Waals surface area contributed by atoms with E-state index in [2.05, 4.69) is 4.98 Å². The van der Waals surface area contributed by atoms with Crippen LogP contribution in [0.15, 0.2) is 29.0 Å². The van der Waals surface area contributed by atoms with Crippen LogP contribution in [0, 0.1) is 11.3 Å². The van der Waals surface area contributed by atoms with Gasteiger partial charge in [0, 0.05) is 0 Å². The second kappa shape index (κ2) is 4.31. The van der Waals surface area contributed by atoms with E-state index in [1.165, 1.54) is 6.39 Å². The molecule has 0 bridgehead atoms. The van der Waals surface area contributed by atoms with Gasteiger partial charge in [0.2, 0.25) is 0 Å². The fraction of sp³-hybridized carbons (Fsp3) is 0.273. The molecule has 1 heterocycles. The molecule has 0 aliphatic carbocycles. The molecule has 0 saturated carbocycles. The molecule has 82 valence electrons. The molecular formula is C11H10N2O3. The summed E-state index contributed by atoms with van der Waals surface area (Å²) >= 11 is 0. The van der Waals surface area contributed by atoms with E-state index < -0.39 is 12.2 Å². The van der Waals surface area contributed by atoms with E-state index >= 15 is 0 Å². The molecule has 5 heteroatoms. The zero-order valence-electron chi connectivity index (χ0n) is 8.37. The predicted molar refractivity (Wildman–Crippen MR) is 55.2 cm³/mol. The molecule has 2 atom stereocenters. The Morgan fingerprint density at radius 1 is 1.44 bits per heavy atom. The lowest BCUT2D eigenvalue weighted by Gasteiger charge is -2.15. The average Bonchev–Trinajstić information content (AvgIpc) is 2.75. The van der Waals surface area contributed by atoms with Gasteiger partial charge in [0.05, 0.1) is 18.6 Å². The van der Waals surface area contributed by atoms with Crippen molar-refractivity contribution < 1.29 is 14.6 Å². The van der Waals surface area contributed by atoms with Crippen LogP contribution in [0.1, 0.15) is 18.1 Å². The van der Waals surface area contributed by atoms with Crippen molar-refractivity contribution in [2.45, 2.75) is 18.6 Å². The monoisotopic (exact) mass is 218 g/mol. The van der Waals surface area contributed by atoms with E-state index in [4.69, 9.17) is 9.68 Å². The second-order valence-corrected chi connectivity index (χ2v) is 3.45. The molecule has 2 unspecified atom stereocenters. The molecule has 2 N–H and O–H groups in total. The summed E-state index contributed by atoms with van der Waals surface area (Å²) in [5.41, 5.74) is 1.75. The largest absolute Gasteiger partial charge is 0.443 e. The molecule has 16 heavy (non-hydrogen) atoms. The standard InChI is InChI=1S/C11H10N2O3/c12-4-3-9(14)11(15)7-1-2-10-8(5-7)13-6-16-10/h1-2,5-6,9,11,14-15H,3H2. The number of nitrogens with zero attached hydrogens (tertiary/aromatic N) is 2. The fourth-order valence-electron chi connectivity index (χ4n) is 1.49. The quantitative estimate of drug-likeness (QED) is 0.806. The number of fused-ring (bicyclic) bond motifs is 1. The Kier molecular flexibility index (Phi) is 2.86. The van der Waals surface area contributed by atoms with Crippen LogP contribution in [0.2, 0.25) is 0 Å². The summed E-state index contributed by atoms with van der Waals surface area (Å²) in [5.74, 6) is 0. The third-order valence-corrected chi connectivity index (χ3v) is 2.36. The van der Waals surface area contributed by atoms with Crippen molar-refractivity contribution in [2.75, 3.05) is 0 Å². The first-order valence-electron chi connectivity index (χ1n) is 4.78. The Morgan fingerprint density at radius 3 is 3.00 bits per heavy atom. The van der Waals surface area contributed by atoms with E-state index in [9.17, 15) is 10.2 Å². The number of hydrogen-bond acceptors (Lipinski definition) is 5. The van der Waals surface area contributed by atoms with Gasteiger partial charge in [-0.1, -0.05) is 6.07 Å². The number of hydrogen-bond donors (Lipinski definition) is 2. The van der Waals surface area contributed by atoms with Crippen LogP contribution in [0.5, 0.6) is 0 Å². The van der Waals surface area contributed by atoms with E-state index in [1.54, 1.807) is 24.3 Å². The van der Waals surface area contributed by atoms with E-state index in [1.807, 2.05) is 0 Å². The smallest absolute Gasteiger partial charge is 0.181 e. The second-order valence-electron chi connectivity index (χ2n) is 3.45. The molecule has 0 radical (unpaired) electrons. The Balaban J connectivity index is 2.29. The summed E-state index contributed by atoms with van der Waals surface area (Å²) in [5, 5.41) is 27.7. The molecule has 0 saturated heterocycles. The maximum absolute atomic E-state index is 9.76. The topological polar surface area (TPSA) is 90.3 Å². The fourth-order valence-corrected chi connectivity index (χ4v) is 1.49. The highest BCUT2D eigenvalue weighted by Gasteiger charge is 2.18. The normalized spacial score (nSPS) is 14.6. The van der Waals surface area contributed by atoms with Gasteiger partial charge in [-0.05, 0) is 17.7 Å². The lowest BCUT2D eigenvalue weighted by Crippen LogP contribution is -2.17. The van der Waals surface area contributed by atoms with Crippen molar-refractivity contribution in [1.82, 2.24) is 4.98 Å². The molecule has 0 amide bonds. The van der Waals surface area contributed by atoms with Crippen LogP contribution in [-0.4, -0.2) is 21.3 Å². The SMILES string of the molecule is N#CCC(O)C(O)c1ccc2ocnc2c1. The van der Waals surface area contributed by atoms with Gasteiger partial charge in [0.1, 0.15) is 11.6 Å². The summed E-state index contributed by atoms with van der Waals surface area (Å²) in [7, 11) is 0. The molecular weight excluding hydrogens is 208 g/mol. The minimum Gasteiger partial charge on any atom is -0.443 e. The highest BCUT2D eigenvalue weighted by Crippen LogP contribution is 2.22. The van der Waals surface area contributed by atoms with E-state index in [0.717, 1.165) is 0 Å². The maximum Gasteiger partial charge on any atom is 0.181 e. The molecule has 2 aromatic rings. The van der Waals surface area contributed by atoms with Crippen molar-refractivity contribution in [3.63, 3.8) is 0 Å². The zero-order chi connectivity index (χ0) is 11.5. The van der Waals surface area contributed by atoms with Crippen molar-refractivity contribution in [3.8, 4) is 6.07 Å². The van der Waals surface area contributed by atoms with E-state index in [0.29, 0.717) is 16.7 Å². The van der Waals surface area contributed by atoms with Crippen molar-refractivity contribution >= 4 is 11.1 Å². The summed E-state index contributed by atoms with van der Waals surface area (Å²) in [6.07, 6.45) is -0.972. The van der Waals surface area contributed by atoms with Crippen LogP contribution in [0.25, 0.3) is 11.1 Å². The van der Waals surface area contributed by atoms with Gasteiger partial charge in [-0.25, -0.2) is 4.98 Å². The molecule has 0 fully saturated rings. The first-order valence-corrected chi connectivity index (χ1v) is 4.78. The summed E-state index contributed by atoms with van der Waals surface area (Å²) in [6, 6.07) is 6.74. The molecule has 5 nitrogen and oxygen atoms in total. The highest BCUT2D eigenvalue weighted by atomic mass is 16.3. The van der Waals surface area contributed by atoms with Crippen LogP contribution >= 0.6 is 0 Å². The van der Waals surface area contributed by atoms with Crippen LogP contribution < -0.4 is 0 Å². The molecule has 0 aliphatic rings. The first kappa shape index (κ1) is 10.6. The van der Waals surface area contributed by atoms with Gasteiger partial charge in [-0.2, -0.15) is 5.26 Å². The number of oxazole rings is 1. The van der Waals surface area contributed by atoms with Crippen LogP contribution in [0.3, 0.4) is 0 Å². The Bertz CT molecular complexity index is 529. The number of aromatic nitrogens is 1. The van der Waals surface area contributed by atoms with Gasteiger partial charge >= 0.3 is 0 Å². The van der Waals surface area contributed by atoms with Gasteiger partial charge < -0.3 is 14.6 Å². The number of aliphatic hydroxyl groups is 2. The zero-order valence-corrected chi connectivity index (χ0v) is 8.37. The molecule has 0 spiro atoms. The Labute approximate surface area is 91.6 Å². The minimum atomic E-state index is -1.09. The molecule has 0 aliphatic heterocycles. The lowest BCUT2D eigenvalue weighted by molar-refractivity contribution is 0.0217. The number of aliphatic hydroxyl groups excluding tert-OH is 2. The summed E-state index contributed by atoms with van der Waals surface area (Å²) < 4.78 is 5.05. The van der Waals surface area contributed by atoms with E-state index in [-0.39, 0.29) is 6.42 Å². The highest BCUT2D eigenvalue weighted by molar-refractivity contribution is 5.72. The third-order valence-electron chi connectivity index (χ3n) is 2.36. The molecule has 1 aromatic carbocycles. The maximum atomic E-state index is 9.76. The van der Waals surface area contributed by atoms with Gasteiger partial charge in [0.25, 0.3) is 0 Å². The first-order chi connectivity index (χ1) is 7.72.